The molecule has 120 valence electrons. The van der Waals surface area contributed by atoms with Gasteiger partial charge < -0.3 is 19.9 Å². The third-order valence-corrected chi connectivity index (χ3v) is 4.95. The molecular weight excluding hydrogens is 298 g/mol. The van der Waals surface area contributed by atoms with Gasteiger partial charge >= 0.3 is 5.97 Å². The van der Waals surface area contributed by atoms with Gasteiger partial charge in [0.1, 0.15) is 0 Å². The Hall–Kier alpha value is -2.50. The maximum Gasteiger partial charge on any atom is 0.307 e. The normalized spacial score (nSPS) is 29.7. The van der Waals surface area contributed by atoms with Crippen molar-refractivity contribution in [2.75, 3.05) is 6.79 Å². The molecule has 2 aliphatic carbocycles. The number of benzene rings is 1. The van der Waals surface area contributed by atoms with Crippen LogP contribution in [0.4, 0.5) is 0 Å². The number of rotatable bonds is 4. The number of hydrogen-bond acceptors (Lipinski definition) is 4. The van der Waals surface area contributed by atoms with Crippen LogP contribution < -0.4 is 14.8 Å². The number of hydrogen-bond donors (Lipinski definition) is 2. The van der Waals surface area contributed by atoms with E-state index in [1.807, 2.05) is 30.4 Å². The first-order valence-electron chi connectivity index (χ1n) is 7.71. The molecule has 1 amide bonds. The van der Waals surface area contributed by atoms with E-state index in [4.69, 9.17) is 9.47 Å². The fraction of sp³-hybridized carbons (Fsp3) is 0.412. The van der Waals surface area contributed by atoms with Gasteiger partial charge in [-0.1, -0.05) is 18.2 Å². The smallest absolute Gasteiger partial charge is 0.307 e. The summed E-state index contributed by atoms with van der Waals surface area (Å²) in [5.41, 5.74) is 0.896. The van der Waals surface area contributed by atoms with Gasteiger partial charge in [-0.3, -0.25) is 9.59 Å². The van der Waals surface area contributed by atoms with Gasteiger partial charge in [0.05, 0.1) is 11.8 Å². The number of fused-ring (bicyclic) bond motifs is 3. The molecule has 1 aromatic rings. The van der Waals surface area contributed by atoms with Crippen LogP contribution in [0.15, 0.2) is 30.4 Å². The van der Waals surface area contributed by atoms with Crippen LogP contribution in [0.5, 0.6) is 11.5 Å². The zero-order valence-electron chi connectivity index (χ0n) is 12.4. The third kappa shape index (κ3) is 2.34. The van der Waals surface area contributed by atoms with E-state index in [-0.39, 0.29) is 24.5 Å². The largest absolute Gasteiger partial charge is 0.481 e. The first-order chi connectivity index (χ1) is 11.1. The molecule has 1 aliphatic heterocycles. The molecule has 1 aromatic carbocycles. The minimum atomic E-state index is -0.884. The maximum atomic E-state index is 12.5. The summed E-state index contributed by atoms with van der Waals surface area (Å²) >= 11 is 0. The number of carbonyl (C=O) groups is 2. The zero-order chi connectivity index (χ0) is 16.0. The van der Waals surface area contributed by atoms with Crippen molar-refractivity contribution in [1.29, 1.82) is 0 Å². The molecule has 1 heterocycles. The molecule has 1 fully saturated rings. The number of ether oxygens (including phenoxy) is 2. The Labute approximate surface area is 133 Å². The Kier molecular flexibility index (Phi) is 3.25. The maximum absolute atomic E-state index is 12.5. The van der Waals surface area contributed by atoms with Crippen LogP contribution in [0.1, 0.15) is 12.0 Å². The molecule has 1 saturated carbocycles. The number of allylic oxidation sites excluding steroid dienone is 2. The van der Waals surface area contributed by atoms with E-state index in [1.165, 1.54) is 0 Å². The monoisotopic (exact) mass is 315 g/mol. The van der Waals surface area contributed by atoms with Crippen molar-refractivity contribution in [3.63, 3.8) is 0 Å². The van der Waals surface area contributed by atoms with E-state index >= 15 is 0 Å². The van der Waals surface area contributed by atoms with Crippen LogP contribution in [0, 0.1) is 23.7 Å². The van der Waals surface area contributed by atoms with Gasteiger partial charge in [-0.25, -0.2) is 0 Å². The number of amides is 1. The summed E-state index contributed by atoms with van der Waals surface area (Å²) in [4.78, 5) is 24.0. The average Bonchev–Trinajstić information content (AvgIpc) is 3.25. The molecule has 0 aromatic heterocycles. The highest BCUT2D eigenvalue weighted by molar-refractivity contribution is 5.86. The summed E-state index contributed by atoms with van der Waals surface area (Å²) < 4.78 is 10.6. The van der Waals surface area contributed by atoms with Gasteiger partial charge in [-0.05, 0) is 36.0 Å². The van der Waals surface area contributed by atoms with E-state index in [9.17, 15) is 14.7 Å². The summed E-state index contributed by atoms with van der Waals surface area (Å²) in [6.45, 7) is 0.558. The molecule has 0 spiro atoms. The lowest BCUT2D eigenvalue weighted by molar-refractivity contribution is -0.147. The lowest BCUT2D eigenvalue weighted by atomic mass is 9.82. The molecule has 23 heavy (non-hydrogen) atoms. The fourth-order valence-corrected chi connectivity index (χ4v) is 3.87. The van der Waals surface area contributed by atoms with Crippen LogP contribution in [-0.4, -0.2) is 23.8 Å². The summed E-state index contributed by atoms with van der Waals surface area (Å²) in [6, 6.07) is 5.51. The fourth-order valence-electron chi connectivity index (χ4n) is 3.87. The van der Waals surface area contributed by atoms with Crippen LogP contribution >= 0.6 is 0 Å². The van der Waals surface area contributed by atoms with Gasteiger partial charge in [-0.15, -0.1) is 0 Å². The summed E-state index contributed by atoms with van der Waals surface area (Å²) in [7, 11) is 0. The Bertz CT molecular complexity index is 698. The lowest BCUT2D eigenvalue weighted by Gasteiger charge is -2.23. The molecule has 0 unspecified atom stereocenters. The van der Waals surface area contributed by atoms with Gasteiger partial charge in [0.25, 0.3) is 0 Å². The second-order valence-electron chi connectivity index (χ2n) is 6.24. The number of carbonyl (C=O) groups excluding carboxylic acids is 1. The van der Waals surface area contributed by atoms with Crippen molar-refractivity contribution in [3.8, 4) is 11.5 Å². The molecule has 0 saturated heterocycles. The molecule has 3 aliphatic rings. The highest BCUT2D eigenvalue weighted by atomic mass is 16.7. The van der Waals surface area contributed by atoms with E-state index in [0.29, 0.717) is 18.0 Å². The molecule has 2 N–H and O–H groups in total. The summed E-state index contributed by atoms with van der Waals surface area (Å²) in [5, 5.41) is 12.3. The van der Waals surface area contributed by atoms with Crippen molar-refractivity contribution >= 4 is 11.9 Å². The number of aliphatic carboxylic acids is 1. The second kappa shape index (κ2) is 5.30. The minimum Gasteiger partial charge on any atom is -0.481 e. The van der Waals surface area contributed by atoms with Gasteiger partial charge in [0.15, 0.2) is 11.5 Å². The predicted octanol–water partition coefficient (Wildman–Crippen LogP) is 1.55. The van der Waals surface area contributed by atoms with Crippen LogP contribution in [0.3, 0.4) is 0 Å². The second-order valence-corrected chi connectivity index (χ2v) is 6.24. The molecule has 6 nitrogen and oxygen atoms in total. The van der Waals surface area contributed by atoms with E-state index in [0.717, 1.165) is 12.0 Å². The first-order valence-corrected chi connectivity index (χ1v) is 7.71. The van der Waals surface area contributed by atoms with Crippen LogP contribution in [0.25, 0.3) is 0 Å². The van der Waals surface area contributed by atoms with E-state index < -0.39 is 17.8 Å². The SMILES string of the molecule is O=C(O)[C@@H]1[C@H](C(=O)NCc2ccc3c(c2)OCO3)[C@@H]2C=C[C@H]1C2. The minimum absolute atomic E-state index is 0.0150. The topological polar surface area (TPSA) is 84.9 Å². The number of carboxylic acid groups (broad SMARTS) is 1. The molecule has 0 radical (unpaired) electrons. The number of carboxylic acids is 1. The molecule has 4 rings (SSSR count). The van der Waals surface area contributed by atoms with Crippen molar-refractivity contribution in [3.05, 3.63) is 35.9 Å². The van der Waals surface area contributed by atoms with Crippen molar-refractivity contribution in [2.45, 2.75) is 13.0 Å². The summed E-state index contributed by atoms with van der Waals surface area (Å²) in [6.07, 6.45) is 4.68. The van der Waals surface area contributed by atoms with Crippen LogP contribution in [0.2, 0.25) is 0 Å². The Morgan fingerprint density at radius 1 is 1.13 bits per heavy atom. The molecule has 6 heteroatoms. The lowest BCUT2D eigenvalue weighted by Crippen LogP contribution is -2.39. The Balaban J connectivity index is 1.44. The Morgan fingerprint density at radius 3 is 2.65 bits per heavy atom. The van der Waals surface area contributed by atoms with Crippen LogP contribution in [-0.2, 0) is 16.1 Å². The van der Waals surface area contributed by atoms with E-state index in [1.54, 1.807) is 0 Å². The van der Waals surface area contributed by atoms with Gasteiger partial charge in [0.2, 0.25) is 12.7 Å². The van der Waals surface area contributed by atoms with Crippen molar-refractivity contribution < 1.29 is 24.2 Å². The first kappa shape index (κ1) is 14.1. The highest BCUT2D eigenvalue weighted by Gasteiger charge is 2.51. The third-order valence-electron chi connectivity index (χ3n) is 4.95. The molecular formula is C17H17NO5. The van der Waals surface area contributed by atoms with Crippen molar-refractivity contribution in [2.24, 2.45) is 23.7 Å². The Morgan fingerprint density at radius 2 is 1.87 bits per heavy atom. The average molecular weight is 315 g/mol. The van der Waals surface area contributed by atoms with Gasteiger partial charge in [-0.2, -0.15) is 0 Å². The summed E-state index contributed by atoms with van der Waals surface area (Å²) in [5.74, 6) is -0.765. The van der Waals surface area contributed by atoms with Crippen molar-refractivity contribution in [1.82, 2.24) is 5.32 Å². The van der Waals surface area contributed by atoms with Gasteiger partial charge in [0, 0.05) is 6.54 Å². The standard InChI is InChI=1S/C17H17NO5/c19-16(14-10-2-3-11(6-10)15(14)17(20)21)18-7-9-1-4-12-13(5-9)23-8-22-12/h1-5,10-11,14-15H,6-8H2,(H,18,19)(H,20,21)/t10-,11+,14-,15+/m1/s1. The quantitative estimate of drug-likeness (QED) is 0.824. The predicted molar refractivity (Wildman–Crippen MR) is 79.8 cm³/mol. The highest BCUT2D eigenvalue weighted by Crippen LogP contribution is 2.48. The zero-order valence-corrected chi connectivity index (χ0v) is 12.4. The molecule has 4 atom stereocenters. The molecule has 2 bridgehead atoms. The number of nitrogens with one attached hydrogen (secondary N) is 1. The van der Waals surface area contributed by atoms with E-state index in [2.05, 4.69) is 5.32 Å².